The predicted molar refractivity (Wildman–Crippen MR) is 162 cm³/mol. The van der Waals surface area contributed by atoms with Crippen LogP contribution in [0.15, 0.2) is 71.5 Å². The molecule has 1 atom stereocenters. The molecule has 0 fully saturated rings. The number of aromatic amines is 1. The maximum Gasteiger partial charge on any atom is 0.270 e. The molecule has 0 aliphatic heterocycles. The lowest BCUT2D eigenvalue weighted by Crippen LogP contribution is -2.15. The van der Waals surface area contributed by atoms with Crippen molar-refractivity contribution in [3.05, 3.63) is 105 Å². The topological polar surface area (TPSA) is 89.6 Å². The first-order valence-electron chi connectivity index (χ1n) is 14.0. The second kappa shape index (κ2) is 12.2. The standard InChI is InChI=1S/C33H37N5O/c1-3-23(2)10-11-24-12-14-25(15-13-24)16-17-32-36-29-21-27-28(22-31(29)38(32)19-7-18-34)35-30(33(39)37-27)20-26-8-5-4-6-9-26/h4-6,8-9,12-17,21-23H,3,7,10-11,18-20,34H2,1-2H3,(H,37,39). The molecular weight excluding hydrogens is 482 g/mol. The molecule has 0 saturated heterocycles. The summed E-state index contributed by atoms with van der Waals surface area (Å²) < 4.78 is 2.20. The summed E-state index contributed by atoms with van der Waals surface area (Å²) in [5.74, 6) is 1.62. The Morgan fingerprint density at radius 3 is 2.51 bits per heavy atom. The van der Waals surface area contributed by atoms with Crippen molar-refractivity contribution in [2.75, 3.05) is 6.54 Å². The number of imidazole rings is 1. The number of fused-ring (bicyclic) bond motifs is 2. The molecule has 3 N–H and O–H groups in total. The van der Waals surface area contributed by atoms with Crippen LogP contribution in [0.5, 0.6) is 0 Å². The number of rotatable bonds is 11. The van der Waals surface area contributed by atoms with Crippen molar-refractivity contribution in [3.8, 4) is 0 Å². The third kappa shape index (κ3) is 6.35. The van der Waals surface area contributed by atoms with Gasteiger partial charge in [0.2, 0.25) is 0 Å². The second-order valence-corrected chi connectivity index (χ2v) is 10.4. The van der Waals surface area contributed by atoms with E-state index in [0.29, 0.717) is 24.2 Å². The summed E-state index contributed by atoms with van der Waals surface area (Å²) in [5, 5.41) is 0. The van der Waals surface area contributed by atoms with Gasteiger partial charge in [-0.2, -0.15) is 0 Å². The normalized spacial score (nSPS) is 12.6. The van der Waals surface area contributed by atoms with Gasteiger partial charge in [-0.05, 0) is 66.6 Å². The van der Waals surface area contributed by atoms with Crippen LogP contribution in [0, 0.1) is 5.92 Å². The number of benzene rings is 3. The Morgan fingerprint density at radius 1 is 0.974 bits per heavy atom. The smallest absolute Gasteiger partial charge is 0.270 e. The van der Waals surface area contributed by atoms with Gasteiger partial charge in [-0.25, -0.2) is 9.97 Å². The van der Waals surface area contributed by atoms with Crippen LogP contribution in [-0.4, -0.2) is 26.1 Å². The summed E-state index contributed by atoms with van der Waals surface area (Å²) in [4.78, 5) is 25.5. The Kier molecular flexibility index (Phi) is 8.33. The molecule has 0 bridgehead atoms. The van der Waals surface area contributed by atoms with Gasteiger partial charge < -0.3 is 15.3 Å². The number of nitrogens with one attached hydrogen (secondary N) is 1. The zero-order chi connectivity index (χ0) is 27.2. The van der Waals surface area contributed by atoms with Crippen molar-refractivity contribution < 1.29 is 0 Å². The first-order valence-corrected chi connectivity index (χ1v) is 14.0. The Bertz CT molecular complexity index is 1630. The molecule has 39 heavy (non-hydrogen) atoms. The van der Waals surface area contributed by atoms with Crippen LogP contribution in [0.25, 0.3) is 34.2 Å². The molecule has 5 aromatic rings. The van der Waals surface area contributed by atoms with E-state index in [4.69, 9.17) is 15.7 Å². The minimum atomic E-state index is -0.166. The van der Waals surface area contributed by atoms with Crippen molar-refractivity contribution in [3.63, 3.8) is 0 Å². The summed E-state index contributed by atoms with van der Waals surface area (Å²) in [5.41, 5.74) is 13.0. The highest BCUT2D eigenvalue weighted by molar-refractivity contribution is 5.92. The summed E-state index contributed by atoms with van der Waals surface area (Å²) >= 11 is 0. The summed E-state index contributed by atoms with van der Waals surface area (Å²) in [6, 6.07) is 22.7. The first kappa shape index (κ1) is 26.6. The van der Waals surface area contributed by atoms with Crippen molar-refractivity contribution >= 4 is 34.2 Å². The summed E-state index contributed by atoms with van der Waals surface area (Å²) in [6.45, 7) is 5.92. The zero-order valence-corrected chi connectivity index (χ0v) is 22.9. The third-order valence-electron chi connectivity index (χ3n) is 7.49. The number of aryl methyl sites for hydroxylation is 2. The van der Waals surface area contributed by atoms with Crippen molar-refractivity contribution in [2.45, 2.75) is 52.5 Å². The van der Waals surface area contributed by atoms with Crippen LogP contribution < -0.4 is 11.3 Å². The molecular formula is C33H37N5O. The Morgan fingerprint density at radius 2 is 1.77 bits per heavy atom. The molecule has 200 valence electrons. The van der Waals surface area contributed by atoms with Crippen molar-refractivity contribution in [1.29, 1.82) is 0 Å². The molecule has 0 spiro atoms. The molecule has 2 aromatic heterocycles. The minimum absolute atomic E-state index is 0.166. The van der Waals surface area contributed by atoms with Crippen LogP contribution in [0.4, 0.5) is 0 Å². The van der Waals surface area contributed by atoms with Crippen LogP contribution in [0.2, 0.25) is 0 Å². The highest BCUT2D eigenvalue weighted by Crippen LogP contribution is 2.23. The first-order chi connectivity index (χ1) is 19.0. The number of aromatic nitrogens is 4. The minimum Gasteiger partial charge on any atom is -0.330 e. The maximum atomic E-state index is 12.8. The second-order valence-electron chi connectivity index (χ2n) is 10.4. The highest BCUT2D eigenvalue weighted by atomic mass is 16.1. The average molecular weight is 520 g/mol. The average Bonchev–Trinajstić information content (AvgIpc) is 3.29. The molecule has 2 heterocycles. The maximum absolute atomic E-state index is 12.8. The SMILES string of the molecule is CCC(C)CCc1ccc(C=Cc2nc3cc4[nH]c(=O)c(Cc5ccccc5)nc4cc3n2CCCN)cc1. The number of hydrogen-bond acceptors (Lipinski definition) is 4. The van der Waals surface area contributed by atoms with E-state index >= 15 is 0 Å². The Hall–Kier alpha value is -4.03. The van der Waals surface area contributed by atoms with Gasteiger partial charge in [0.1, 0.15) is 11.5 Å². The monoisotopic (exact) mass is 519 g/mol. The molecule has 0 radical (unpaired) electrons. The summed E-state index contributed by atoms with van der Waals surface area (Å²) in [7, 11) is 0. The zero-order valence-electron chi connectivity index (χ0n) is 22.9. The van der Waals surface area contributed by atoms with Gasteiger partial charge in [-0.15, -0.1) is 0 Å². The molecule has 3 aromatic carbocycles. The molecule has 0 aliphatic carbocycles. The van der Waals surface area contributed by atoms with Gasteiger partial charge >= 0.3 is 0 Å². The van der Waals surface area contributed by atoms with E-state index < -0.39 is 0 Å². The van der Waals surface area contributed by atoms with Crippen LogP contribution in [-0.2, 0) is 19.4 Å². The lowest BCUT2D eigenvalue weighted by Gasteiger charge is -2.08. The van der Waals surface area contributed by atoms with Crippen LogP contribution in [0.1, 0.15) is 61.3 Å². The lowest BCUT2D eigenvalue weighted by atomic mass is 9.98. The quantitative estimate of drug-likeness (QED) is 0.212. The van der Waals surface area contributed by atoms with Crippen LogP contribution >= 0.6 is 0 Å². The fraction of sp³-hybridized carbons (Fsp3) is 0.303. The molecule has 1 unspecified atom stereocenters. The van der Waals surface area contributed by atoms with E-state index in [2.05, 4.69) is 59.8 Å². The Labute approximate surface area is 229 Å². The largest absolute Gasteiger partial charge is 0.330 e. The number of hydrogen-bond donors (Lipinski definition) is 2. The fourth-order valence-electron chi connectivity index (χ4n) is 4.87. The fourth-order valence-corrected chi connectivity index (χ4v) is 4.87. The van der Waals surface area contributed by atoms with Gasteiger partial charge in [0.25, 0.3) is 5.56 Å². The highest BCUT2D eigenvalue weighted by Gasteiger charge is 2.13. The van der Waals surface area contributed by atoms with E-state index in [0.717, 1.165) is 58.8 Å². The number of nitrogens with two attached hydrogens (primary N) is 1. The van der Waals surface area contributed by atoms with Gasteiger partial charge in [0, 0.05) is 13.0 Å². The molecule has 0 saturated carbocycles. The van der Waals surface area contributed by atoms with E-state index in [1.807, 2.05) is 42.5 Å². The van der Waals surface area contributed by atoms with Gasteiger partial charge in [0.05, 0.1) is 22.1 Å². The van der Waals surface area contributed by atoms with Gasteiger partial charge in [-0.3, -0.25) is 4.79 Å². The van der Waals surface area contributed by atoms with E-state index in [9.17, 15) is 4.79 Å². The van der Waals surface area contributed by atoms with Gasteiger partial charge in [0.15, 0.2) is 0 Å². The predicted octanol–water partition coefficient (Wildman–Crippen LogP) is 6.36. The van der Waals surface area contributed by atoms with E-state index in [-0.39, 0.29) is 5.56 Å². The molecule has 0 amide bonds. The number of H-pyrrole nitrogens is 1. The summed E-state index contributed by atoms with van der Waals surface area (Å²) in [6.07, 6.45) is 9.06. The third-order valence-corrected chi connectivity index (χ3v) is 7.49. The Balaban J connectivity index is 1.46. The molecule has 6 nitrogen and oxygen atoms in total. The molecule has 0 aliphatic rings. The van der Waals surface area contributed by atoms with E-state index in [1.54, 1.807) is 0 Å². The van der Waals surface area contributed by atoms with Gasteiger partial charge in [-0.1, -0.05) is 80.9 Å². The van der Waals surface area contributed by atoms with Crippen LogP contribution in [0.3, 0.4) is 0 Å². The van der Waals surface area contributed by atoms with Crippen molar-refractivity contribution in [2.24, 2.45) is 11.7 Å². The number of nitrogens with zero attached hydrogens (tertiary/aromatic N) is 3. The lowest BCUT2D eigenvalue weighted by molar-refractivity contribution is 0.516. The van der Waals surface area contributed by atoms with E-state index in [1.165, 1.54) is 18.4 Å². The van der Waals surface area contributed by atoms with Crippen molar-refractivity contribution in [1.82, 2.24) is 19.5 Å². The molecule has 6 heteroatoms. The molecule has 5 rings (SSSR count).